The summed E-state index contributed by atoms with van der Waals surface area (Å²) in [5.74, 6) is -4.75. The van der Waals surface area contributed by atoms with Gasteiger partial charge in [-0.15, -0.1) is 0 Å². The summed E-state index contributed by atoms with van der Waals surface area (Å²) in [6, 6.07) is 9.36. The first-order valence-corrected chi connectivity index (χ1v) is 8.69. The Morgan fingerprint density at radius 3 is 2.10 bits per heavy atom. The number of para-hydroxylation sites is 1. The number of benzene rings is 2. The maximum Gasteiger partial charge on any atom is 0.308 e. The molecular weight excluding hydrogens is 386 g/mol. The first-order valence-electron chi connectivity index (χ1n) is 8.69. The van der Waals surface area contributed by atoms with Crippen LogP contribution in [0.2, 0.25) is 0 Å². The largest absolute Gasteiger partial charge is 0.452 e. The summed E-state index contributed by atoms with van der Waals surface area (Å²) in [5.41, 5.74) is -0.137. The second-order valence-electron chi connectivity index (χ2n) is 6.28. The van der Waals surface area contributed by atoms with Crippen LogP contribution in [0.3, 0.4) is 0 Å². The van der Waals surface area contributed by atoms with Crippen LogP contribution in [0, 0.1) is 11.6 Å². The van der Waals surface area contributed by atoms with Gasteiger partial charge in [-0.3, -0.25) is 24.1 Å². The fourth-order valence-electron chi connectivity index (χ4n) is 2.80. The lowest BCUT2D eigenvalue weighted by Gasteiger charge is -2.16. The lowest BCUT2D eigenvalue weighted by molar-refractivity contribution is -0.153. The standard InChI is InChI=1S/C20H16F2N2O5/c1-11(18(26)23-17-14(21)7-4-8-15(17)22)29-16(25)9-10-24-19(27)12-5-2-3-6-13(12)20(24)28/h2-8,11H,9-10H2,1H3,(H,23,26)/t11-/m1/s1. The Balaban J connectivity index is 1.54. The molecule has 0 aromatic heterocycles. The molecule has 1 heterocycles. The van der Waals surface area contributed by atoms with Crippen molar-refractivity contribution in [2.45, 2.75) is 19.4 Å². The molecule has 0 aliphatic carbocycles. The number of nitrogens with zero attached hydrogens (tertiary/aromatic N) is 1. The highest BCUT2D eigenvalue weighted by Gasteiger charge is 2.35. The van der Waals surface area contributed by atoms with Gasteiger partial charge in [0.1, 0.15) is 17.3 Å². The molecule has 9 heteroatoms. The molecule has 0 unspecified atom stereocenters. The Hall–Kier alpha value is -3.62. The Bertz CT molecular complexity index is 953. The van der Waals surface area contributed by atoms with Crippen molar-refractivity contribution in [3.8, 4) is 0 Å². The Kier molecular flexibility index (Phi) is 5.67. The van der Waals surface area contributed by atoms with Crippen molar-refractivity contribution in [1.29, 1.82) is 0 Å². The van der Waals surface area contributed by atoms with Crippen molar-refractivity contribution < 1.29 is 32.7 Å². The van der Waals surface area contributed by atoms with Crippen LogP contribution >= 0.6 is 0 Å². The zero-order valence-electron chi connectivity index (χ0n) is 15.3. The molecular formula is C20H16F2N2O5. The van der Waals surface area contributed by atoms with E-state index < -0.39 is 47.1 Å². The zero-order valence-corrected chi connectivity index (χ0v) is 15.3. The number of ether oxygens (including phenoxy) is 1. The van der Waals surface area contributed by atoms with E-state index in [1.54, 1.807) is 12.1 Å². The highest BCUT2D eigenvalue weighted by Crippen LogP contribution is 2.22. The summed E-state index contributed by atoms with van der Waals surface area (Å²) >= 11 is 0. The van der Waals surface area contributed by atoms with E-state index >= 15 is 0 Å². The van der Waals surface area contributed by atoms with Gasteiger partial charge in [0, 0.05) is 6.54 Å². The van der Waals surface area contributed by atoms with E-state index in [2.05, 4.69) is 0 Å². The molecule has 0 spiro atoms. The minimum Gasteiger partial charge on any atom is -0.452 e. The van der Waals surface area contributed by atoms with E-state index in [1.807, 2.05) is 5.32 Å². The normalized spacial score (nSPS) is 13.8. The van der Waals surface area contributed by atoms with Crippen molar-refractivity contribution in [1.82, 2.24) is 4.90 Å². The van der Waals surface area contributed by atoms with Crippen LogP contribution in [0.25, 0.3) is 0 Å². The van der Waals surface area contributed by atoms with Gasteiger partial charge in [-0.1, -0.05) is 18.2 Å². The van der Waals surface area contributed by atoms with E-state index in [4.69, 9.17) is 4.74 Å². The first kappa shape index (κ1) is 20.1. The van der Waals surface area contributed by atoms with Crippen LogP contribution in [-0.2, 0) is 14.3 Å². The van der Waals surface area contributed by atoms with Crippen LogP contribution in [0.4, 0.5) is 14.5 Å². The van der Waals surface area contributed by atoms with E-state index in [0.717, 1.165) is 23.1 Å². The summed E-state index contributed by atoms with van der Waals surface area (Å²) in [6.45, 7) is 1.01. The molecule has 0 saturated carbocycles. The smallest absolute Gasteiger partial charge is 0.308 e. The number of amides is 3. The van der Waals surface area contributed by atoms with Crippen LogP contribution in [0.5, 0.6) is 0 Å². The van der Waals surface area contributed by atoms with Crippen molar-refractivity contribution in [3.05, 3.63) is 65.2 Å². The summed E-state index contributed by atoms with van der Waals surface area (Å²) in [4.78, 5) is 49.4. The van der Waals surface area contributed by atoms with Gasteiger partial charge in [0.2, 0.25) is 0 Å². The Morgan fingerprint density at radius 1 is 1.00 bits per heavy atom. The third-order valence-electron chi connectivity index (χ3n) is 4.31. The third kappa shape index (κ3) is 4.13. The molecule has 3 amide bonds. The van der Waals surface area contributed by atoms with Gasteiger partial charge in [-0.25, -0.2) is 8.78 Å². The van der Waals surface area contributed by atoms with Gasteiger partial charge < -0.3 is 10.1 Å². The predicted molar refractivity (Wildman–Crippen MR) is 97.0 cm³/mol. The monoisotopic (exact) mass is 402 g/mol. The van der Waals surface area contributed by atoms with Gasteiger partial charge >= 0.3 is 5.97 Å². The third-order valence-corrected chi connectivity index (χ3v) is 4.31. The lowest BCUT2D eigenvalue weighted by atomic mass is 10.1. The summed E-state index contributed by atoms with van der Waals surface area (Å²) in [7, 11) is 0. The number of esters is 1. The van der Waals surface area contributed by atoms with E-state index in [9.17, 15) is 28.0 Å². The van der Waals surface area contributed by atoms with Crippen LogP contribution in [0.1, 0.15) is 34.1 Å². The lowest BCUT2D eigenvalue weighted by Crippen LogP contribution is -2.34. The van der Waals surface area contributed by atoms with Gasteiger partial charge in [0.05, 0.1) is 17.5 Å². The molecule has 150 valence electrons. The van der Waals surface area contributed by atoms with E-state index in [1.165, 1.54) is 19.1 Å². The van der Waals surface area contributed by atoms with Crippen molar-refractivity contribution in [3.63, 3.8) is 0 Å². The molecule has 1 atom stereocenters. The number of fused-ring (bicyclic) bond motifs is 1. The van der Waals surface area contributed by atoms with Gasteiger partial charge in [-0.2, -0.15) is 0 Å². The van der Waals surface area contributed by atoms with E-state index in [-0.39, 0.29) is 24.1 Å². The number of hydrogen-bond acceptors (Lipinski definition) is 5. The fourth-order valence-corrected chi connectivity index (χ4v) is 2.80. The molecule has 1 aliphatic rings. The minimum atomic E-state index is -1.34. The minimum absolute atomic E-state index is 0.221. The fraction of sp³-hybridized carbons (Fsp3) is 0.200. The van der Waals surface area contributed by atoms with Crippen LogP contribution in [-0.4, -0.2) is 41.2 Å². The number of hydrogen-bond donors (Lipinski definition) is 1. The average Bonchev–Trinajstić information content (AvgIpc) is 2.93. The molecule has 2 aromatic carbocycles. The molecule has 29 heavy (non-hydrogen) atoms. The Labute approximate surface area is 164 Å². The maximum atomic E-state index is 13.6. The van der Waals surface area contributed by atoms with Gasteiger partial charge in [0.15, 0.2) is 6.10 Å². The first-order chi connectivity index (χ1) is 13.8. The number of imide groups is 1. The van der Waals surface area contributed by atoms with Crippen LogP contribution < -0.4 is 5.32 Å². The topological polar surface area (TPSA) is 92.8 Å². The number of anilines is 1. The maximum absolute atomic E-state index is 13.6. The number of carbonyl (C=O) groups is 4. The summed E-state index contributed by atoms with van der Waals surface area (Å²) < 4.78 is 32.1. The summed E-state index contributed by atoms with van der Waals surface area (Å²) in [6.07, 6.45) is -1.68. The molecule has 1 aliphatic heterocycles. The highest BCUT2D eigenvalue weighted by molar-refractivity contribution is 6.21. The second-order valence-corrected chi connectivity index (χ2v) is 6.28. The average molecular weight is 402 g/mol. The predicted octanol–water partition coefficient (Wildman–Crippen LogP) is 2.52. The molecule has 0 radical (unpaired) electrons. The molecule has 1 N–H and O–H groups in total. The number of halogens is 2. The zero-order chi connectivity index (χ0) is 21.1. The number of carbonyl (C=O) groups excluding carboxylic acids is 4. The second kappa shape index (κ2) is 8.17. The quantitative estimate of drug-likeness (QED) is 0.592. The highest BCUT2D eigenvalue weighted by atomic mass is 19.1. The van der Waals surface area contributed by atoms with E-state index in [0.29, 0.717) is 0 Å². The number of nitrogens with one attached hydrogen (secondary N) is 1. The summed E-state index contributed by atoms with van der Waals surface area (Å²) in [5, 5.41) is 2.02. The molecule has 0 bridgehead atoms. The molecule has 3 rings (SSSR count). The van der Waals surface area contributed by atoms with Crippen LogP contribution in [0.15, 0.2) is 42.5 Å². The molecule has 0 saturated heterocycles. The van der Waals surface area contributed by atoms with Crippen molar-refractivity contribution >= 4 is 29.4 Å². The number of rotatable bonds is 6. The van der Waals surface area contributed by atoms with Crippen molar-refractivity contribution in [2.24, 2.45) is 0 Å². The SMILES string of the molecule is C[C@@H](OC(=O)CCN1C(=O)c2ccccc2C1=O)C(=O)Nc1c(F)cccc1F. The Morgan fingerprint density at radius 2 is 1.55 bits per heavy atom. The van der Waals surface area contributed by atoms with Gasteiger partial charge in [0.25, 0.3) is 17.7 Å². The van der Waals surface area contributed by atoms with Gasteiger partial charge in [-0.05, 0) is 31.2 Å². The van der Waals surface area contributed by atoms with Crippen molar-refractivity contribution in [2.75, 3.05) is 11.9 Å². The molecule has 2 aromatic rings. The molecule has 7 nitrogen and oxygen atoms in total. The molecule has 0 fully saturated rings.